The van der Waals surface area contributed by atoms with E-state index in [1.165, 1.54) is 29.0 Å². The van der Waals surface area contributed by atoms with E-state index in [0.717, 1.165) is 12.1 Å². The molecule has 0 atom stereocenters. The molecule has 0 radical (unpaired) electrons. The van der Waals surface area contributed by atoms with Gasteiger partial charge in [-0.25, -0.2) is 8.78 Å². The SMILES string of the molecule is Nc1ccc(=O)n(Cc2ccc(F)c(F)c2)c1. The van der Waals surface area contributed by atoms with Gasteiger partial charge in [-0.05, 0) is 23.8 Å². The van der Waals surface area contributed by atoms with Gasteiger partial charge in [-0.3, -0.25) is 4.79 Å². The zero-order chi connectivity index (χ0) is 12.4. The van der Waals surface area contributed by atoms with Crippen LogP contribution in [0.15, 0.2) is 41.3 Å². The normalized spacial score (nSPS) is 10.5. The molecule has 0 unspecified atom stereocenters. The molecule has 0 bridgehead atoms. The van der Waals surface area contributed by atoms with E-state index in [0.29, 0.717) is 11.3 Å². The van der Waals surface area contributed by atoms with E-state index in [4.69, 9.17) is 5.73 Å². The van der Waals surface area contributed by atoms with Crippen LogP contribution in [0.25, 0.3) is 0 Å². The third kappa shape index (κ3) is 2.50. The Morgan fingerprint density at radius 3 is 2.59 bits per heavy atom. The van der Waals surface area contributed by atoms with Crippen LogP contribution < -0.4 is 11.3 Å². The number of hydrogen-bond acceptors (Lipinski definition) is 2. The third-order valence-corrected chi connectivity index (χ3v) is 2.34. The van der Waals surface area contributed by atoms with Gasteiger partial charge in [0, 0.05) is 18.0 Å². The van der Waals surface area contributed by atoms with Crippen LogP contribution in [-0.4, -0.2) is 4.57 Å². The number of rotatable bonds is 2. The second kappa shape index (κ2) is 4.37. The summed E-state index contributed by atoms with van der Waals surface area (Å²) < 4.78 is 27.0. The summed E-state index contributed by atoms with van der Waals surface area (Å²) >= 11 is 0. The average molecular weight is 236 g/mol. The molecule has 0 amide bonds. The number of halogens is 2. The van der Waals surface area contributed by atoms with Crippen molar-refractivity contribution < 1.29 is 8.78 Å². The summed E-state index contributed by atoms with van der Waals surface area (Å²) in [6.45, 7) is 0.154. The Hall–Kier alpha value is -2.17. The van der Waals surface area contributed by atoms with Gasteiger partial charge in [-0.1, -0.05) is 6.07 Å². The number of hydrogen-bond donors (Lipinski definition) is 1. The molecule has 1 aromatic carbocycles. The van der Waals surface area contributed by atoms with Gasteiger partial charge >= 0.3 is 0 Å². The summed E-state index contributed by atoms with van der Waals surface area (Å²) in [6, 6.07) is 6.33. The number of nitrogens with two attached hydrogens (primary N) is 1. The fourth-order valence-corrected chi connectivity index (χ4v) is 1.51. The summed E-state index contributed by atoms with van der Waals surface area (Å²) in [7, 11) is 0. The van der Waals surface area contributed by atoms with Crippen molar-refractivity contribution in [3.63, 3.8) is 0 Å². The Kier molecular flexibility index (Phi) is 2.91. The van der Waals surface area contributed by atoms with Gasteiger partial charge in [0.15, 0.2) is 11.6 Å². The van der Waals surface area contributed by atoms with E-state index < -0.39 is 11.6 Å². The van der Waals surface area contributed by atoms with Crippen LogP contribution in [0, 0.1) is 11.6 Å². The summed E-state index contributed by atoms with van der Waals surface area (Å²) in [6.07, 6.45) is 1.46. The Morgan fingerprint density at radius 2 is 1.88 bits per heavy atom. The maximum atomic E-state index is 13.0. The van der Waals surface area contributed by atoms with Crippen molar-refractivity contribution in [2.75, 3.05) is 5.73 Å². The van der Waals surface area contributed by atoms with Crippen molar-refractivity contribution >= 4 is 5.69 Å². The molecule has 0 spiro atoms. The van der Waals surface area contributed by atoms with Crippen LogP contribution in [0.1, 0.15) is 5.56 Å². The van der Waals surface area contributed by atoms with Crippen LogP contribution >= 0.6 is 0 Å². The Balaban J connectivity index is 2.34. The highest BCUT2D eigenvalue weighted by molar-refractivity contribution is 5.33. The van der Waals surface area contributed by atoms with Gasteiger partial charge in [0.1, 0.15) is 0 Å². The first-order valence-electron chi connectivity index (χ1n) is 4.96. The molecule has 17 heavy (non-hydrogen) atoms. The first kappa shape index (κ1) is 11.3. The van der Waals surface area contributed by atoms with Gasteiger partial charge in [0.25, 0.3) is 5.56 Å². The lowest BCUT2D eigenvalue weighted by Gasteiger charge is -2.06. The van der Waals surface area contributed by atoms with Gasteiger partial charge in [-0.15, -0.1) is 0 Å². The molecular weight excluding hydrogens is 226 g/mol. The lowest BCUT2D eigenvalue weighted by molar-refractivity contribution is 0.506. The summed E-state index contributed by atoms with van der Waals surface area (Å²) in [5.41, 5.74) is 6.23. The van der Waals surface area contributed by atoms with Crippen molar-refractivity contribution in [2.45, 2.75) is 6.54 Å². The first-order valence-corrected chi connectivity index (χ1v) is 4.96. The highest BCUT2D eigenvalue weighted by Gasteiger charge is 2.04. The van der Waals surface area contributed by atoms with Crippen molar-refractivity contribution in [3.8, 4) is 0 Å². The van der Waals surface area contributed by atoms with Gasteiger partial charge in [0.05, 0.1) is 6.54 Å². The van der Waals surface area contributed by atoms with E-state index in [1.54, 1.807) is 0 Å². The summed E-state index contributed by atoms with van der Waals surface area (Å²) in [5, 5.41) is 0. The molecule has 2 aromatic rings. The molecule has 3 nitrogen and oxygen atoms in total. The van der Waals surface area contributed by atoms with E-state index in [-0.39, 0.29) is 12.1 Å². The fraction of sp³-hybridized carbons (Fsp3) is 0.0833. The van der Waals surface area contributed by atoms with Crippen LogP contribution in [0.4, 0.5) is 14.5 Å². The molecule has 0 saturated carbocycles. The zero-order valence-corrected chi connectivity index (χ0v) is 8.86. The molecule has 1 heterocycles. The molecular formula is C12H10F2N2O. The van der Waals surface area contributed by atoms with Crippen molar-refractivity contribution in [1.82, 2.24) is 4.57 Å². The second-order valence-corrected chi connectivity index (χ2v) is 3.68. The van der Waals surface area contributed by atoms with Crippen LogP contribution in [0.5, 0.6) is 0 Å². The number of aromatic nitrogens is 1. The monoisotopic (exact) mass is 236 g/mol. The molecule has 0 aliphatic rings. The smallest absolute Gasteiger partial charge is 0.250 e. The van der Waals surface area contributed by atoms with E-state index >= 15 is 0 Å². The van der Waals surface area contributed by atoms with Crippen LogP contribution in [0.2, 0.25) is 0 Å². The maximum absolute atomic E-state index is 13.0. The molecule has 88 valence electrons. The Labute approximate surface area is 96.1 Å². The summed E-state index contributed by atoms with van der Waals surface area (Å²) in [4.78, 5) is 11.5. The average Bonchev–Trinajstić information content (AvgIpc) is 2.29. The van der Waals surface area contributed by atoms with E-state index in [1.807, 2.05) is 0 Å². The third-order valence-electron chi connectivity index (χ3n) is 2.34. The van der Waals surface area contributed by atoms with Crippen molar-refractivity contribution in [3.05, 3.63) is 64.1 Å². The van der Waals surface area contributed by atoms with Crippen LogP contribution in [0.3, 0.4) is 0 Å². The lowest BCUT2D eigenvalue weighted by atomic mass is 10.2. The molecule has 2 rings (SSSR count). The first-order chi connectivity index (χ1) is 8.06. The quantitative estimate of drug-likeness (QED) is 0.863. The second-order valence-electron chi connectivity index (χ2n) is 3.68. The van der Waals surface area contributed by atoms with E-state index in [9.17, 15) is 13.6 Å². The topological polar surface area (TPSA) is 48.0 Å². The van der Waals surface area contributed by atoms with Gasteiger partial charge in [0.2, 0.25) is 0 Å². The molecule has 5 heteroatoms. The minimum Gasteiger partial charge on any atom is -0.398 e. The number of anilines is 1. The Bertz CT molecular complexity index is 608. The molecule has 1 aromatic heterocycles. The molecule has 0 aliphatic heterocycles. The molecule has 0 fully saturated rings. The fourth-order valence-electron chi connectivity index (χ4n) is 1.51. The summed E-state index contributed by atoms with van der Waals surface area (Å²) in [5.74, 6) is -1.84. The number of nitrogens with zero attached hydrogens (tertiary/aromatic N) is 1. The van der Waals surface area contributed by atoms with Crippen molar-refractivity contribution in [2.24, 2.45) is 0 Å². The van der Waals surface area contributed by atoms with Crippen LogP contribution in [-0.2, 0) is 6.54 Å². The lowest BCUT2D eigenvalue weighted by Crippen LogP contribution is -2.19. The predicted molar refractivity (Wildman–Crippen MR) is 60.6 cm³/mol. The van der Waals surface area contributed by atoms with Gasteiger partial charge < -0.3 is 10.3 Å². The standard InChI is InChI=1S/C12H10F2N2O/c13-10-3-1-8(5-11(10)14)6-16-7-9(15)2-4-12(16)17/h1-5,7H,6,15H2. The van der Waals surface area contributed by atoms with E-state index in [2.05, 4.69) is 0 Å². The minimum atomic E-state index is -0.931. The minimum absolute atomic E-state index is 0.154. The zero-order valence-electron chi connectivity index (χ0n) is 8.86. The van der Waals surface area contributed by atoms with Gasteiger partial charge in [-0.2, -0.15) is 0 Å². The molecule has 0 aliphatic carbocycles. The largest absolute Gasteiger partial charge is 0.398 e. The number of benzene rings is 1. The maximum Gasteiger partial charge on any atom is 0.250 e. The molecule has 0 saturated heterocycles. The highest BCUT2D eigenvalue weighted by atomic mass is 19.2. The number of nitrogen functional groups attached to an aromatic ring is 1. The highest BCUT2D eigenvalue weighted by Crippen LogP contribution is 2.09. The molecule has 2 N–H and O–H groups in total. The van der Waals surface area contributed by atoms with Crippen molar-refractivity contribution in [1.29, 1.82) is 0 Å². The predicted octanol–water partition coefficient (Wildman–Crippen LogP) is 1.76. The number of pyridine rings is 1. The Morgan fingerprint density at radius 1 is 1.12 bits per heavy atom.